The van der Waals surface area contributed by atoms with Crippen molar-refractivity contribution in [3.63, 3.8) is 0 Å². The molecule has 1 aromatic carbocycles. The van der Waals surface area contributed by atoms with Crippen LogP contribution in [0.5, 0.6) is 0 Å². The molecule has 0 amide bonds. The molecular formula is C13H18N4O3S. The number of rotatable bonds is 5. The lowest BCUT2D eigenvalue weighted by Gasteiger charge is -2.13. The zero-order valence-corrected chi connectivity index (χ0v) is 12.9. The SMILES string of the molecule is Cc1cc(CNS(=O)(=O)c2c(C)cc(NN)cc2C)no1. The second kappa shape index (κ2) is 5.84. The molecule has 0 saturated heterocycles. The smallest absolute Gasteiger partial charge is 0.241 e. The van der Waals surface area contributed by atoms with Crippen molar-refractivity contribution in [1.82, 2.24) is 9.88 Å². The Labute approximate surface area is 123 Å². The third kappa shape index (κ3) is 3.41. The van der Waals surface area contributed by atoms with Gasteiger partial charge in [-0.1, -0.05) is 5.16 Å². The Kier molecular flexibility index (Phi) is 4.31. The maximum Gasteiger partial charge on any atom is 0.241 e. The van der Waals surface area contributed by atoms with Crippen LogP contribution in [0.4, 0.5) is 5.69 Å². The van der Waals surface area contributed by atoms with Crippen LogP contribution < -0.4 is 16.0 Å². The van der Waals surface area contributed by atoms with Gasteiger partial charge in [-0.2, -0.15) is 0 Å². The van der Waals surface area contributed by atoms with Crippen molar-refractivity contribution in [3.05, 3.63) is 40.8 Å². The summed E-state index contributed by atoms with van der Waals surface area (Å²) in [6, 6.07) is 5.05. The summed E-state index contributed by atoms with van der Waals surface area (Å²) in [5.41, 5.74) is 4.94. The monoisotopic (exact) mass is 310 g/mol. The standard InChI is InChI=1S/C13H18N4O3S/c1-8-4-11(16-14)5-9(2)13(8)21(18,19)15-7-12-6-10(3)20-17-12/h4-6,15-16H,7,14H2,1-3H3. The summed E-state index contributed by atoms with van der Waals surface area (Å²) < 4.78 is 32.3. The average molecular weight is 310 g/mol. The van der Waals surface area contributed by atoms with Gasteiger partial charge in [0.05, 0.1) is 17.1 Å². The fourth-order valence-electron chi connectivity index (χ4n) is 2.20. The van der Waals surface area contributed by atoms with E-state index in [0.29, 0.717) is 28.3 Å². The number of hydrazine groups is 1. The van der Waals surface area contributed by atoms with E-state index in [1.807, 2.05) is 0 Å². The predicted molar refractivity (Wildman–Crippen MR) is 79.0 cm³/mol. The second-order valence-electron chi connectivity index (χ2n) is 4.84. The van der Waals surface area contributed by atoms with Crippen LogP contribution in [0.1, 0.15) is 22.6 Å². The highest BCUT2D eigenvalue weighted by Gasteiger charge is 2.20. The van der Waals surface area contributed by atoms with Crippen LogP contribution in [0.2, 0.25) is 0 Å². The van der Waals surface area contributed by atoms with Crippen molar-refractivity contribution >= 4 is 15.7 Å². The molecule has 2 rings (SSSR count). The van der Waals surface area contributed by atoms with E-state index in [1.165, 1.54) is 0 Å². The van der Waals surface area contributed by atoms with E-state index >= 15 is 0 Å². The number of anilines is 1. The Bertz CT molecular complexity index is 730. The van der Waals surface area contributed by atoms with Gasteiger partial charge in [-0.05, 0) is 44.0 Å². The fraction of sp³-hybridized carbons (Fsp3) is 0.308. The third-order valence-electron chi connectivity index (χ3n) is 3.02. The third-order valence-corrected chi connectivity index (χ3v) is 4.72. The van der Waals surface area contributed by atoms with Crippen molar-refractivity contribution in [3.8, 4) is 0 Å². The molecule has 0 spiro atoms. The number of nitrogens with zero attached hydrogens (tertiary/aromatic N) is 1. The Hall–Kier alpha value is -1.90. The molecular weight excluding hydrogens is 292 g/mol. The van der Waals surface area contributed by atoms with Gasteiger partial charge in [-0.25, -0.2) is 13.1 Å². The van der Waals surface area contributed by atoms with Crippen LogP contribution in [0.15, 0.2) is 27.6 Å². The van der Waals surface area contributed by atoms with Crippen molar-refractivity contribution in [2.45, 2.75) is 32.2 Å². The normalized spacial score (nSPS) is 11.6. The average Bonchev–Trinajstić information content (AvgIpc) is 2.81. The molecule has 0 fully saturated rings. The summed E-state index contributed by atoms with van der Waals surface area (Å²) in [5.74, 6) is 5.98. The highest BCUT2D eigenvalue weighted by atomic mass is 32.2. The van der Waals surface area contributed by atoms with Crippen LogP contribution in [-0.4, -0.2) is 13.6 Å². The molecule has 0 unspecified atom stereocenters. The van der Waals surface area contributed by atoms with Gasteiger partial charge in [0, 0.05) is 11.8 Å². The number of benzene rings is 1. The van der Waals surface area contributed by atoms with Crippen LogP contribution in [-0.2, 0) is 16.6 Å². The molecule has 21 heavy (non-hydrogen) atoms. The topological polar surface area (TPSA) is 110 Å². The Morgan fingerprint density at radius 1 is 1.19 bits per heavy atom. The summed E-state index contributed by atoms with van der Waals surface area (Å²) >= 11 is 0. The highest BCUT2D eigenvalue weighted by Crippen LogP contribution is 2.24. The lowest BCUT2D eigenvalue weighted by atomic mass is 10.1. The second-order valence-corrected chi connectivity index (χ2v) is 6.54. The van der Waals surface area contributed by atoms with Crippen LogP contribution >= 0.6 is 0 Å². The van der Waals surface area contributed by atoms with E-state index in [4.69, 9.17) is 10.4 Å². The molecule has 1 aromatic heterocycles. The minimum absolute atomic E-state index is 0.0788. The number of nitrogens with one attached hydrogen (secondary N) is 2. The first-order valence-corrected chi connectivity index (χ1v) is 7.81. The fourth-order valence-corrected chi connectivity index (χ4v) is 3.65. The zero-order chi connectivity index (χ0) is 15.6. The summed E-state index contributed by atoms with van der Waals surface area (Å²) in [6.45, 7) is 5.28. The zero-order valence-electron chi connectivity index (χ0n) is 12.1. The van der Waals surface area contributed by atoms with E-state index in [2.05, 4.69) is 15.3 Å². The van der Waals surface area contributed by atoms with E-state index in [9.17, 15) is 8.42 Å². The van der Waals surface area contributed by atoms with E-state index in [1.54, 1.807) is 39.0 Å². The van der Waals surface area contributed by atoms with Gasteiger partial charge in [-0.3, -0.25) is 5.84 Å². The molecule has 114 valence electrons. The largest absolute Gasteiger partial charge is 0.361 e. The summed E-state index contributed by atoms with van der Waals surface area (Å²) in [4.78, 5) is 0.252. The van der Waals surface area contributed by atoms with Gasteiger partial charge >= 0.3 is 0 Å². The summed E-state index contributed by atoms with van der Waals surface area (Å²) in [7, 11) is -3.64. The summed E-state index contributed by atoms with van der Waals surface area (Å²) in [5, 5.41) is 3.76. The maximum atomic E-state index is 12.4. The number of aromatic nitrogens is 1. The lowest BCUT2D eigenvalue weighted by molar-refractivity contribution is 0.390. The van der Waals surface area contributed by atoms with Gasteiger partial charge < -0.3 is 9.95 Å². The number of aryl methyl sites for hydroxylation is 3. The molecule has 4 N–H and O–H groups in total. The molecule has 0 atom stereocenters. The first kappa shape index (κ1) is 15.5. The van der Waals surface area contributed by atoms with Crippen molar-refractivity contribution in [2.75, 3.05) is 5.43 Å². The van der Waals surface area contributed by atoms with Gasteiger partial charge in [0.2, 0.25) is 10.0 Å². The quantitative estimate of drug-likeness (QED) is 0.568. The number of hydrogen-bond donors (Lipinski definition) is 3. The van der Waals surface area contributed by atoms with Gasteiger partial charge in [0.1, 0.15) is 5.76 Å². The van der Waals surface area contributed by atoms with E-state index in [-0.39, 0.29) is 11.4 Å². The minimum atomic E-state index is -3.64. The van der Waals surface area contributed by atoms with E-state index in [0.717, 1.165) is 0 Å². The number of hydrogen-bond acceptors (Lipinski definition) is 6. The van der Waals surface area contributed by atoms with Crippen LogP contribution in [0.3, 0.4) is 0 Å². The van der Waals surface area contributed by atoms with Crippen molar-refractivity contribution in [2.24, 2.45) is 5.84 Å². The Morgan fingerprint density at radius 3 is 2.29 bits per heavy atom. The van der Waals surface area contributed by atoms with Crippen LogP contribution in [0, 0.1) is 20.8 Å². The molecule has 1 heterocycles. The molecule has 0 bridgehead atoms. The minimum Gasteiger partial charge on any atom is -0.361 e. The maximum absolute atomic E-state index is 12.4. The Morgan fingerprint density at radius 2 is 1.81 bits per heavy atom. The van der Waals surface area contributed by atoms with Crippen molar-refractivity contribution < 1.29 is 12.9 Å². The van der Waals surface area contributed by atoms with Gasteiger partial charge in [0.15, 0.2) is 0 Å². The predicted octanol–water partition coefficient (Wildman–Crippen LogP) is 1.36. The van der Waals surface area contributed by atoms with Crippen LogP contribution in [0.25, 0.3) is 0 Å². The van der Waals surface area contributed by atoms with E-state index < -0.39 is 10.0 Å². The molecule has 0 aliphatic rings. The van der Waals surface area contributed by atoms with Gasteiger partial charge in [-0.15, -0.1) is 0 Å². The molecule has 0 saturated carbocycles. The molecule has 7 nitrogen and oxygen atoms in total. The van der Waals surface area contributed by atoms with Crippen molar-refractivity contribution in [1.29, 1.82) is 0 Å². The molecule has 0 aliphatic heterocycles. The number of sulfonamides is 1. The first-order valence-electron chi connectivity index (χ1n) is 6.33. The molecule has 0 aliphatic carbocycles. The summed E-state index contributed by atoms with van der Waals surface area (Å²) in [6.07, 6.45) is 0. The molecule has 0 radical (unpaired) electrons. The lowest BCUT2D eigenvalue weighted by Crippen LogP contribution is -2.25. The molecule has 8 heteroatoms. The highest BCUT2D eigenvalue weighted by molar-refractivity contribution is 7.89. The number of nitrogens with two attached hydrogens (primary N) is 1. The first-order chi connectivity index (χ1) is 9.83. The Balaban J connectivity index is 2.27. The van der Waals surface area contributed by atoms with Gasteiger partial charge in [0.25, 0.3) is 0 Å². The number of nitrogen functional groups attached to an aromatic ring is 1. The molecule has 2 aromatic rings.